The van der Waals surface area contributed by atoms with Crippen molar-refractivity contribution in [1.29, 1.82) is 0 Å². The first-order chi connectivity index (χ1) is 7.04. The van der Waals surface area contributed by atoms with Gasteiger partial charge in [-0.15, -0.1) is 0 Å². The van der Waals surface area contributed by atoms with E-state index in [-0.39, 0.29) is 24.0 Å². The van der Waals surface area contributed by atoms with Crippen LogP contribution in [0.1, 0.15) is 19.4 Å². The highest BCUT2D eigenvalue weighted by Gasteiger charge is 2.03. The van der Waals surface area contributed by atoms with E-state index >= 15 is 0 Å². The number of aliphatic hydroxyl groups is 1. The van der Waals surface area contributed by atoms with Crippen LogP contribution < -0.4 is 0 Å². The summed E-state index contributed by atoms with van der Waals surface area (Å²) in [4.78, 5) is 0. The van der Waals surface area contributed by atoms with Crippen molar-refractivity contribution >= 4 is 6.08 Å². The molecule has 15 heavy (non-hydrogen) atoms. The fourth-order valence-electron chi connectivity index (χ4n) is 1.24. The average Bonchev–Trinajstić information content (AvgIpc) is 2.19. The summed E-state index contributed by atoms with van der Waals surface area (Å²) in [5, 5.41) is 27.5. The molecular formula is C12H16O3. The minimum Gasteiger partial charge on any atom is -0.504 e. The second-order valence-corrected chi connectivity index (χ2v) is 3.78. The van der Waals surface area contributed by atoms with Crippen molar-refractivity contribution in [2.45, 2.75) is 13.8 Å². The first-order valence-electron chi connectivity index (χ1n) is 4.88. The maximum Gasteiger partial charge on any atom is 0.157 e. The molecule has 82 valence electrons. The Bertz CT molecular complexity index is 367. The van der Waals surface area contributed by atoms with Gasteiger partial charge < -0.3 is 15.3 Å². The summed E-state index contributed by atoms with van der Waals surface area (Å²) in [5.74, 6) is -0.0296. The third-order valence-corrected chi connectivity index (χ3v) is 2.28. The van der Waals surface area contributed by atoms with Gasteiger partial charge in [-0.2, -0.15) is 0 Å². The molecule has 1 aromatic rings. The molecule has 0 bridgehead atoms. The third-order valence-electron chi connectivity index (χ3n) is 2.28. The molecule has 0 aromatic heterocycles. The molecular weight excluding hydrogens is 192 g/mol. The topological polar surface area (TPSA) is 60.7 Å². The third kappa shape index (κ3) is 2.99. The standard InChI is InChI=1S/C12H16O3/c1-8(2)10(7-13)5-9-3-4-11(14)12(15)6-9/h3-6,8,13-15H,7H2,1-2H3. The van der Waals surface area contributed by atoms with E-state index < -0.39 is 0 Å². The molecule has 1 rings (SSSR count). The van der Waals surface area contributed by atoms with E-state index in [2.05, 4.69) is 0 Å². The molecule has 1 aromatic carbocycles. The lowest BCUT2D eigenvalue weighted by atomic mass is 10.0. The van der Waals surface area contributed by atoms with E-state index in [4.69, 9.17) is 10.2 Å². The maximum atomic E-state index is 9.28. The zero-order valence-electron chi connectivity index (χ0n) is 8.94. The number of hydrogen-bond donors (Lipinski definition) is 3. The second kappa shape index (κ2) is 4.84. The molecule has 0 atom stereocenters. The molecule has 0 aliphatic heterocycles. The summed E-state index contributed by atoms with van der Waals surface area (Å²) in [5.41, 5.74) is 1.66. The fourth-order valence-corrected chi connectivity index (χ4v) is 1.24. The maximum absolute atomic E-state index is 9.28. The Kier molecular flexibility index (Phi) is 3.74. The molecule has 0 amide bonds. The molecule has 3 heteroatoms. The number of aliphatic hydroxyl groups excluding tert-OH is 1. The van der Waals surface area contributed by atoms with E-state index in [1.54, 1.807) is 6.07 Å². The quantitative estimate of drug-likeness (QED) is 0.667. The zero-order chi connectivity index (χ0) is 11.4. The van der Waals surface area contributed by atoms with Gasteiger partial charge in [0.2, 0.25) is 0 Å². The fraction of sp³-hybridized carbons (Fsp3) is 0.333. The highest BCUT2D eigenvalue weighted by atomic mass is 16.3. The molecule has 0 spiro atoms. The first-order valence-corrected chi connectivity index (χ1v) is 4.88. The van der Waals surface area contributed by atoms with Crippen molar-refractivity contribution in [2.75, 3.05) is 6.61 Å². The van der Waals surface area contributed by atoms with Gasteiger partial charge in [0.25, 0.3) is 0 Å². The number of aromatic hydroxyl groups is 2. The van der Waals surface area contributed by atoms with Crippen LogP contribution in [0.5, 0.6) is 11.5 Å². The van der Waals surface area contributed by atoms with Crippen LogP contribution in [0, 0.1) is 5.92 Å². The smallest absolute Gasteiger partial charge is 0.157 e. The van der Waals surface area contributed by atoms with E-state index in [1.165, 1.54) is 12.1 Å². The average molecular weight is 208 g/mol. The lowest BCUT2D eigenvalue weighted by Gasteiger charge is -2.08. The van der Waals surface area contributed by atoms with Gasteiger partial charge in [-0.05, 0) is 29.2 Å². The monoisotopic (exact) mass is 208 g/mol. The van der Waals surface area contributed by atoms with Crippen molar-refractivity contribution in [2.24, 2.45) is 5.92 Å². The molecule has 0 aliphatic rings. The van der Waals surface area contributed by atoms with Crippen LogP contribution in [0.2, 0.25) is 0 Å². The van der Waals surface area contributed by atoms with Crippen LogP contribution in [0.25, 0.3) is 6.08 Å². The summed E-state index contributed by atoms with van der Waals surface area (Å²) in [7, 11) is 0. The van der Waals surface area contributed by atoms with E-state index in [0.717, 1.165) is 11.1 Å². The molecule has 3 N–H and O–H groups in total. The largest absolute Gasteiger partial charge is 0.504 e. The molecule has 0 heterocycles. The molecule has 0 saturated carbocycles. The van der Waals surface area contributed by atoms with Gasteiger partial charge in [-0.25, -0.2) is 0 Å². The van der Waals surface area contributed by atoms with Crippen LogP contribution in [0.15, 0.2) is 23.8 Å². The Morgan fingerprint density at radius 2 is 1.93 bits per heavy atom. The number of phenols is 2. The predicted octanol–water partition coefficient (Wildman–Crippen LogP) is 2.13. The van der Waals surface area contributed by atoms with Crippen LogP contribution in [-0.2, 0) is 0 Å². The minimum atomic E-state index is -0.148. The Hall–Kier alpha value is -1.48. The van der Waals surface area contributed by atoms with Crippen LogP contribution in [-0.4, -0.2) is 21.9 Å². The van der Waals surface area contributed by atoms with Gasteiger partial charge in [0, 0.05) is 0 Å². The molecule has 0 saturated heterocycles. The van der Waals surface area contributed by atoms with Gasteiger partial charge in [-0.3, -0.25) is 0 Å². The normalized spacial score (nSPS) is 12.1. The summed E-state index contributed by atoms with van der Waals surface area (Å²) in [6, 6.07) is 4.58. The van der Waals surface area contributed by atoms with Crippen molar-refractivity contribution in [3.8, 4) is 11.5 Å². The van der Waals surface area contributed by atoms with Gasteiger partial charge >= 0.3 is 0 Å². The summed E-state index contributed by atoms with van der Waals surface area (Å²) >= 11 is 0. The van der Waals surface area contributed by atoms with E-state index in [0.29, 0.717) is 0 Å². The SMILES string of the molecule is CC(C)C(=Cc1ccc(O)c(O)c1)CO. The number of benzene rings is 1. The molecule has 0 aliphatic carbocycles. The zero-order valence-corrected chi connectivity index (χ0v) is 8.94. The Morgan fingerprint density at radius 1 is 1.27 bits per heavy atom. The summed E-state index contributed by atoms with van der Waals surface area (Å²) < 4.78 is 0. The van der Waals surface area contributed by atoms with Gasteiger partial charge in [0.05, 0.1) is 6.61 Å². The number of phenolic OH excluding ortho intramolecular Hbond substituents is 2. The lowest BCUT2D eigenvalue weighted by Crippen LogP contribution is -1.98. The summed E-state index contributed by atoms with van der Waals surface area (Å²) in [6.07, 6.45) is 1.81. The van der Waals surface area contributed by atoms with Gasteiger partial charge in [0.1, 0.15) is 0 Å². The van der Waals surface area contributed by atoms with Crippen molar-refractivity contribution < 1.29 is 15.3 Å². The van der Waals surface area contributed by atoms with Crippen LogP contribution >= 0.6 is 0 Å². The predicted molar refractivity (Wildman–Crippen MR) is 59.7 cm³/mol. The van der Waals surface area contributed by atoms with Crippen molar-refractivity contribution in [3.05, 3.63) is 29.3 Å². The van der Waals surface area contributed by atoms with Crippen molar-refractivity contribution in [3.63, 3.8) is 0 Å². The molecule has 0 fully saturated rings. The van der Waals surface area contributed by atoms with E-state index in [9.17, 15) is 5.11 Å². The van der Waals surface area contributed by atoms with E-state index in [1.807, 2.05) is 19.9 Å². The molecule has 0 radical (unpaired) electrons. The first kappa shape index (κ1) is 11.6. The Morgan fingerprint density at radius 3 is 2.40 bits per heavy atom. The number of rotatable bonds is 3. The lowest BCUT2D eigenvalue weighted by molar-refractivity contribution is 0.320. The molecule has 0 unspecified atom stereocenters. The highest BCUT2D eigenvalue weighted by molar-refractivity contribution is 5.57. The Labute approximate surface area is 89.3 Å². The Balaban J connectivity index is 3.01. The molecule has 3 nitrogen and oxygen atoms in total. The van der Waals surface area contributed by atoms with Gasteiger partial charge in [-0.1, -0.05) is 26.0 Å². The minimum absolute atomic E-state index is 0.000689. The van der Waals surface area contributed by atoms with Crippen LogP contribution in [0.4, 0.5) is 0 Å². The van der Waals surface area contributed by atoms with Gasteiger partial charge in [0.15, 0.2) is 11.5 Å². The highest BCUT2D eigenvalue weighted by Crippen LogP contribution is 2.26. The second-order valence-electron chi connectivity index (χ2n) is 3.78. The van der Waals surface area contributed by atoms with Crippen LogP contribution in [0.3, 0.4) is 0 Å². The van der Waals surface area contributed by atoms with Crippen molar-refractivity contribution in [1.82, 2.24) is 0 Å². The number of hydrogen-bond acceptors (Lipinski definition) is 3. The summed E-state index contributed by atoms with van der Waals surface area (Å²) in [6.45, 7) is 3.98.